The third-order valence-corrected chi connectivity index (χ3v) is 5.15. The summed E-state index contributed by atoms with van der Waals surface area (Å²) in [6.07, 6.45) is 0.0784. The topological polar surface area (TPSA) is 90.0 Å². The molecule has 0 aromatic heterocycles. The smallest absolute Gasteiger partial charge is 0.308 e. The van der Waals surface area contributed by atoms with E-state index < -0.39 is 11.9 Å². The molecule has 1 heterocycles. The Morgan fingerprint density at radius 1 is 1.00 bits per heavy atom. The standard InChI is InChI=1S/C20H20BrN3O4/c21-16-8-6-15(7-9-16)12-23-17(10-11-18(25)22-28)19(26)24(20(23)27)13-14-4-2-1-3-5-14/h1-9,17,28H,10-13H2,(H,22,25). The SMILES string of the molecule is O=C(CCC1C(=O)N(Cc2ccccc2)C(=O)N1Cc1ccc(Br)cc1)NO. The number of imide groups is 1. The van der Waals surface area contributed by atoms with Crippen LogP contribution in [0.5, 0.6) is 0 Å². The van der Waals surface area contributed by atoms with Crippen molar-refractivity contribution in [1.29, 1.82) is 0 Å². The Bertz CT molecular complexity index is 858. The highest BCUT2D eigenvalue weighted by Crippen LogP contribution is 2.26. The van der Waals surface area contributed by atoms with Crippen molar-refractivity contribution >= 4 is 33.8 Å². The summed E-state index contributed by atoms with van der Waals surface area (Å²) < 4.78 is 0.918. The lowest BCUT2D eigenvalue weighted by Gasteiger charge is -2.21. The summed E-state index contributed by atoms with van der Waals surface area (Å²) in [5.74, 6) is -0.929. The van der Waals surface area contributed by atoms with Gasteiger partial charge in [0.25, 0.3) is 5.91 Å². The molecule has 2 aromatic rings. The summed E-state index contributed by atoms with van der Waals surface area (Å²) in [6, 6.07) is 15.6. The first-order valence-corrected chi connectivity index (χ1v) is 9.62. The zero-order valence-corrected chi connectivity index (χ0v) is 16.6. The van der Waals surface area contributed by atoms with Crippen LogP contribution < -0.4 is 5.48 Å². The van der Waals surface area contributed by atoms with Crippen LogP contribution in [-0.4, -0.2) is 38.9 Å². The zero-order valence-electron chi connectivity index (χ0n) is 15.0. The highest BCUT2D eigenvalue weighted by molar-refractivity contribution is 9.10. The Morgan fingerprint density at radius 3 is 2.29 bits per heavy atom. The molecule has 2 aromatic carbocycles. The number of nitrogens with one attached hydrogen (secondary N) is 1. The Hall–Kier alpha value is -2.71. The van der Waals surface area contributed by atoms with Crippen LogP contribution in [-0.2, 0) is 22.7 Å². The Morgan fingerprint density at radius 2 is 1.64 bits per heavy atom. The average molecular weight is 446 g/mol. The van der Waals surface area contributed by atoms with Crippen LogP contribution in [0, 0.1) is 0 Å². The largest absolute Gasteiger partial charge is 0.328 e. The van der Waals surface area contributed by atoms with E-state index in [9.17, 15) is 14.4 Å². The molecule has 0 aliphatic carbocycles. The normalized spacial score (nSPS) is 16.6. The molecular weight excluding hydrogens is 426 g/mol. The van der Waals surface area contributed by atoms with Crippen molar-refractivity contribution in [3.05, 3.63) is 70.2 Å². The first kappa shape index (κ1) is 20.0. The quantitative estimate of drug-likeness (QED) is 0.389. The summed E-state index contributed by atoms with van der Waals surface area (Å²) in [6.45, 7) is 0.437. The number of halogens is 1. The number of rotatable bonds is 7. The van der Waals surface area contributed by atoms with Crippen molar-refractivity contribution in [3.63, 3.8) is 0 Å². The van der Waals surface area contributed by atoms with E-state index in [4.69, 9.17) is 5.21 Å². The van der Waals surface area contributed by atoms with Gasteiger partial charge in [-0.05, 0) is 29.7 Å². The number of benzene rings is 2. The van der Waals surface area contributed by atoms with Gasteiger partial charge in [0.05, 0.1) is 6.54 Å². The molecule has 2 N–H and O–H groups in total. The lowest BCUT2D eigenvalue weighted by molar-refractivity contribution is -0.131. The molecule has 3 rings (SSSR count). The van der Waals surface area contributed by atoms with Crippen molar-refractivity contribution in [3.8, 4) is 0 Å². The van der Waals surface area contributed by atoms with E-state index in [0.717, 1.165) is 15.6 Å². The van der Waals surface area contributed by atoms with Gasteiger partial charge in [-0.2, -0.15) is 0 Å². The molecule has 4 amide bonds. The van der Waals surface area contributed by atoms with Crippen LogP contribution in [0.2, 0.25) is 0 Å². The fourth-order valence-electron chi connectivity index (χ4n) is 3.17. The molecule has 0 bridgehead atoms. The fourth-order valence-corrected chi connectivity index (χ4v) is 3.44. The molecular formula is C20H20BrN3O4. The van der Waals surface area contributed by atoms with Crippen LogP contribution in [0.4, 0.5) is 4.79 Å². The second-order valence-corrected chi connectivity index (χ2v) is 7.45. The minimum Gasteiger partial charge on any atom is -0.308 e. The second-order valence-electron chi connectivity index (χ2n) is 6.54. The molecule has 0 spiro atoms. The van der Waals surface area contributed by atoms with Crippen molar-refractivity contribution in [2.75, 3.05) is 0 Å². The summed E-state index contributed by atoms with van der Waals surface area (Å²) >= 11 is 3.38. The molecule has 146 valence electrons. The summed E-state index contributed by atoms with van der Waals surface area (Å²) in [5.41, 5.74) is 3.29. The van der Waals surface area contributed by atoms with Crippen molar-refractivity contribution in [1.82, 2.24) is 15.3 Å². The van der Waals surface area contributed by atoms with Crippen LogP contribution in [0.1, 0.15) is 24.0 Å². The number of carbonyl (C=O) groups is 3. The van der Waals surface area contributed by atoms with Gasteiger partial charge < -0.3 is 4.90 Å². The first-order chi connectivity index (χ1) is 13.5. The van der Waals surface area contributed by atoms with Gasteiger partial charge >= 0.3 is 6.03 Å². The van der Waals surface area contributed by atoms with E-state index in [1.54, 1.807) is 5.48 Å². The third kappa shape index (κ3) is 4.58. The number of hydrogen-bond acceptors (Lipinski definition) is 4. The Balaban J connectivity index is 1.82. The summed E-state index contributed by atoms with van der Waals surface area (Å²) in [5, 5.41) is 8.72. The molecule has 1 fully saturated rings. The molecule has 28 heavy (non-hydrogen) atoms. The number of hydroxylamine groups is 1. The minimum atomic E-state index is -0.753. The Labute approximate surface area is 171 Å². The van der Waals surface area contributed by atoms with Crippen LogP contribution >= 0.6 is 15.9 Å². The van der Waals surface area contributed by atoms with Gasteiger partial charge in [-0.15, -0.1) is 0 Å². The maximum atomic E-state index is 13.0. The maximum Gasteiger partial charge on any atom is 0.328 e. The molecule has 1 unspecified atom stereocenters. The zero-order chi connectivity index (χ0) is 20.1. The van der Waals surface area contributed by atoms with Crippen LogP contribution in [0.25, 0.3) is 0 Å². The minimum absolute atomic E-state index is 0.0593. The fraction of sp³-hybridized carbons (Fsp3) is 0.250. The molecule has 1 atom stereocenters. The highest BCUT2D eigenvalue weighted by Gasteiger charge is 2.44. The predicted octanol–water partition coefficient (Wildman–Crippen LogP) is 3.07. The molecule has 1 saturated heterocycles. The van der Waals surface area contributed by atoms with Gasteiger partial charge in [0.15, 0.2) is 0 Å². The van der Waals surface area contributed by atoms with E-state index in [0.29, 0.717) is 0 Å². The second kappa shape index (κ2) is 8.99. The number of amides is 4. The van der Waals surface area contributed by atoms with Gasteiger partial charge in [0.2, 0.25) is 5.91 Å². The highest BCUT2D eigenvalue weighted by atomic mass is 79.9. The van der Waals surface area contributed by atoms with E-state index in [1.807, 2.05) is 54.6 Å². The molecule has 0 radical (unpaired) electrons. The van der Waals surface area contributed by atoms with Crippen molar-refractivity contribution in [2.45, 2.75) is 32.0 Å². The summed E-state index contributed by atoms with van der Waals surface area (Å²) in [7, 11) is 0. The number of carbonyl (C=O) groups excluding carboxylic acids is 3. The average Bonchev–Trinajstić information content (AvgIpc) is 2.92. The van der Waals surface area contributed by atoms with Crippen LogP contribution in [0.15, 0.2) is 59.1 Å². The molecule has 1 aliphatic rings. The maximum absolute atomic E-state index is 13.0. The van der Waals surface area contributed by atoms with Crippen molar-refractivity contribution < 1.29 is 19.6 Å². The predicted molar refractivity (Wildman–Crippen MR) is 105 cm³/mol. The van der Waals surface area contributed by atoms with Gasteiger partial charge in [-0.3, -0.25) is 19.7 Å². The van der Waals surface area contributed by atoms with E-state index in [-0.39, 0.29) is 37.9 Å². The van der Waals surface area contributed by atoms with E-state index in [2.05, 4.69) is 15.9 Å². The van der Waals surface area contributed by atoms with Crippen LogP contribution in [0.3, 0.4) is 0 Å². The molecule has 1 aliphatic heterocycles. The lowest BCUT2D eigenvalue weighted by Crippen LogP contribution is -2.35. The van der Waals surface area contributed by atoms with Gasteiger partial charge in [-0.25, -0.2) is 10.3 Å². The lowest BCUT2D eigenvalue weighted by atomic mass is 10.1. The van der Waals surface area contributed by atoms with E-state index in [1.165, 1.54) is 9.80 Å². The molecule has 8 heteroatoms. The third-order valence-electron chi connectivity index (χ3n) is 4.62. The van der Waals surface area contributed by atoms with E-state index >= 15 is 0 Å². The Kier molecular flexibility index (Phi) is 6.43. The monoisotopic (exact) mass is 445 g/mol. The van der Waals surface area contributed by atoms with Crippen molar-refractivity contribution in [2.24, 2.45) is 0 Å². The van der Waals surface area contributed by atoms with Gasteiger partial charge in [-0.1, -0.05) is 58.4 Å². The number of nitrogens with zero attached hydrogens (tertiary/aromatic N) is 2. The first-order valence-electron chi connectivity index (χ1n) is 8.83. The molecule has 0 saturated carbocycles. The van der Waals surface area contributed by atoms with Gasteiger partial charge in [0, 0.05) is 17.4 Å². The number of urea groups is 1. The van der Waals surface area contributed by atoms with Gasteiger partial charge in [0.1, 0.15) is 6.04 Å². The number of hydrogen-bond donors (Lipinski definition) is 2. The summed E-state index contributed by atoms with van der Waals surface area (Å²) in [4.78, 5) is 40.1. The molecule has 7 nitrogen and oxygen atoms in total.